The molecule has 0 aliphatic rings. The van der Waals surface area contributed by atoms with E-state index in [-0.39, 0.29) is 11.5 Å². The normalized spacial score (nSPS) is 10.4. The van der Waals surface area contributed by atoms with Gasteiger partial charge in [-0.3, -0.25) is 9.78 Å². The van der Waals surface area contributed by atoms with Crippen LogP contribution >= 0.6 is 11.3 Å². The number of hydrogen-bond acceptors (Lipinski definition) is 4. The molecular weight excluding hydrogens is 253 g/mol. The number of thiazole rings is 1. The summed E-state index contributed by atoms with van der Waals surface area (Å²) >= 11 is 1.48. The molecule has 0 fully saturated rings. The number of aromatic nitrogens is 2. The fourth-order valence-corrected chi connectivity index (χ4v) is 2.35. The fraction of sp³-hybridized carbons (Fsp3) is 0.250. The van der Waals surface area contributed by atoms with Gasteiger partial charge < -0.3 is 4.90 Å². The first kappa shape index (κ1) is 12.6. The fourth-order valence-electron chi connectivity index (χ4n) is 1.52. The Morgan fingerprint density at radius 3 is 2.94 bits per heavy atom. The van der Waals surface area contributed by atoms with Crippen LogP contribution in [0.2, 0.25) is 0 Å². The van der Waals surface area contributed by atoms with Gasteiger partial charge in [-0.15, -0.1) is 11.3 Å². The molecule has 2 rings (SSSR count). The molecule has 0 spiro atoms. The van der Waals surface area contributed by atoms with Crippen molar-refractivity contribution in [1.29, 1.82) is 0 Å². The Bertz CT molecular complexity index is 570. The Balaban J connectivity index is 2.15. The van der Waals surface area contributed by atoms with Crippen molar-refractivity contribution in [3.63, 3.8) is 0 Å². The third-order valence-corrected chi connectivity index (χ3v) is 3.50. The molecule has 2 heterocycles. The van der Waals surface area contributed by atoms with E-state index in [9.17, 15) is 9.18 Å². The third-order valence-electron chi connectivity index (χ3n) is 2.58. The summed E-state index contributed by atoms with van der Waals surface area (Å²) in [6, 6.07) is 1.38. The average molecular weight is 265 g/mol. The van der Waals surface area contributed by atoms with E-state index in [0.29, 0.717) is 6.54 Å². The summed E-state index contributed by atoms with van der Waals surface area (Å²) in [7, 11) is 1.64. The molecule has 0 saturated heterocycles. The van der Waals surface area contributed by atoms with E-state index >= 15 is 0 Å². The van der Waals surface area contributed by atoms with E-state index in [1.165, 1.54) is 28.5 Å². The number of amides is 1. The number of carbonyl (C=O) groups is 1. The molecular formula is C12H12FN3OS. The van der Waals surface area contributed by atoms with Crippen molar-refractivity contribution >= 4 is 17.2 Å². The maximum atomic E-state index is 13.4. The second kappa shape index (κ2) is 5.22. The maximum absolute atomic E-state index is 13.4. The zero-order chi connectivity index (χ0) is 13.1. The molecule has 0 saturated carbocycles. The first-order valence-electron chi connectivity index (χ1n) is 5.33. The highest BCUT2D eigenvalue weighted by Crippen LogP contribution is 2.16. The van der Waals surface area contributed by atoms with Gasteiger partial charge in [0.1, 0.15) is 0 Å². The molecule has 0 unspecified atom stereocenters. The maximum Gasteiger partial charge on any atom is 0.257 e. The van der Waals surface area contributed by atoms with E-state index in [2.05, 4.69) is 9.97 Å². The first-order valence-corrected chi connectivity index (χ1v) is 6.21. The molecule has 2 aromatic rings. The van der Waals surface area contributed by atoms with Gasteiger partial charge in [0.25, 0.3) is 5.91 Å². The van der Waals surface area contributed by atoms with Gasteiger partial charge in [0, 0.05) is 18.1 Å². The first-order chi connectivity index (χ1) is 8.59. The minimum atomic E-state index is -0.602. The van der Waals surface area contributed by atoms with Crippen LogP contribution in [0.1, 0.15) is 20.9 Å². The van der Waals surface area contributed by atoms with Gasteiger partial charge in [0.2, 0.25) is 0 Å². The summed E-state index contributed by atoms with van der Waals surface area (Å²) < 4.78 is 13.4. The summed E-state index contributed by atoms with van der Waals surface area (Å²) in [6.45, 7) is 2.31. The van der Waals surface area contributed by atoms with Crippen LogP contribution in [0, 0.1) is 12.7 Å². The van der Waals surface area contributed by atoms with Crippen LogP contribution in [0.5, 0.6) is 0 Å². The van der Waals surface area contributed by atoms with Crippen molar-refractivity contribution in [2.45, 2.75) is 13.5 Å². The lowest BCUT2D eigenvalue weighted by Gasteiger charge is -2.16. The summed E-state index contributed by atoms with van der Waals surface area (Å²) in [5.41, 5.74) is 2.67. The number of rotatable bonds is 3. The molecule has 0 radical (unpaired) electrons. The monoisotopic (exact) mass is 265 g/mol. The topological polar surface area (TPSA) is 46.1 Å². The second-order valence-electron chi connectivity index (χ2n) is 3.88. The second-order valence-corrected chi connectivity index (χ2v) is 4.82. The van der Waals surface area contributed by atoms with Gasteiger partial charge in [-0.2, -0.15) is 0 Å². The molecule has 4 nitrogen and oxygen atoms in total. The van der Waals surface area contributed by atoms with E-state index in [4.69, 9.17) is 0 Å². The minimum absolute atomic E-state index is 0.0367. The number of hydrogen-bond donors (Lipinski definition) is 0. The molecule has 18 heavy (non-hydrogen) atoms. The smallest absolute Gasteiger partial charge is 0.257 e. The van der Waals surface area contributed by atoms with Crippen LogP contribution in [0.15, 0.2) is 24.0 Å². The standard InChI is InChI=1S/C12H12FN3OS/c1-8-11(18-7-15-8)6-16(2)12(17)9-3-4-14-5-10(9)13/h3-5,7H,6H2,1-2H3. The molecule has 0 atom stereocenters. The summed E-state index contributed by atoms with van der Waals surface area (Å²) in [6.07, 6.45) is 2.45. The summed E-state index contributed by atoms with van der Waals surface area (Å²) in [5, 5.41) is 0. The molecule has 2 aromatic heterocycles. The van der Waals surface area contributed by atoms with E-state index < -0.39 is 5.82 Å². The molecule has 0 aliphatic carbocycles. The SMILES string of the molecule is Cc1ncsc1CN(C)C(=O)c1ccncc1F. The van der Waals surface area contributed by atoms with Crippen molar-refractivity contribution in [3.8, 4) is 0 Å². The molecule has 1 amide bonds. The zero-order valence-electron chi connectivity index (χ0n) is 10.1. The van der Waals surface area contributed by atoms with Gasteiger partial charge in [0.05, 0.1) is 29.5 Å². The van der Waals surface area contributed by atoms with Gasteiger partial charge in [-0.05, 0) is 13.0 Å². The molecule has 0 aromatic carbocycles. The molecule has 0 aliphatic heterocycles. The van der Waals surface area contributed by atoms with E-state index in [0.717, 1.165) is 16.8 Å². The van der Waals surface area contributed by atoms with Crippen LogP contribution in [-0.4, -0.2) is 27.8 Å². The molecule has 0 bridgehead atoms. The predicted molar refractivity (Wildman–Crippen MR) is 66.8 cm³/mol. The number of halogens is 1. The Morgan fingerprint density at radius 2 is 2.33 bits per heavy atom. The van der Waals surface area contributed by atoms with Crippen LogP contribution in [0.25, 0.3) is 0 Å². The lowest BCUT2D eigenvalue weighted by Crippen LogP contribution is -2.27. The highest BCUT2D eigenvalue weighted by molar-refractivity contribution is 7.09. The predicted octanol–water partition coefficient (Wildman–Crippen LogP) is 2.26. The van der Waals surface area contributed by atoms with Crippen molar-refractivity contribution in [2.24, 2.45) is 0 Å². The highest BCUT2D eigenvalue weighted by atomic mass is 32.1. The quantitative estimate of drug-likeness (QED) is 0.855. The number of nitrogens with zero attached hydrogens (tertiary/aromatic N) is 3. The largest absolute Gasteiger partial charge is 0.336 e. The molecule has 6 heteroatoms. The van der Waals surface area contributed by atoms with Crippen molar-refractivity contribution < 1.29 is 9.18 Å². The highest BCUT2D eigenvalue weighted by Gasteiger charge is 2.17. The number of pyridine rings is 1. The van der Waals surface area contributed by atoms with Crippen LogP contribution < -0.4 is 0 Å². The van der Waals surface area contributed by atoms with Crippen molar-refractivity contribution in [2.75, 3.05) is 7.05 Å². The van der Waals surface area contributed by atoms with Crippen LogP contribution in [0.3, 0.4) is 0 Å². The minimum Gasteiger partial charge on any atom is -0.336 e. The lowest BCUT2D eigenvalue weighted by molar-refractivity contribution is 0.0781. The van der Waals surface area contributed by atoms with E-state index in [1.807, 2.05) is 6.92 Å². The van der Waals surface area contributed by atoms with Crippen molar-refractivity contribution in [1.82, 2.24) is 14.9 Å². The Kier molecular flexibility index (Phi) is 3.66. The molecule has 0 N–H and O–H groups in total. The Hall–Kier alpha value is -1.82. The number of carbonyl (C=O) groups excluding carboxylic acids is 1. The Morgan fingerprint density at radius 1 is 1.56 bits per heavy atom. The molecule has 94 valence electrons. The number of aryl methyl sites for hydroxylation is 1. The summed E-state index contributed by atoms with van der Waals surface area (Å²) in [4.78, 5) is 22.3. The Labute approximate surface area is 108 Å². The van der Waals surface area contributed by atoms with Crippen LogP contribution in [0.4, 0.5) is 4.39 Å². The summed E-state index contributed by atoms with van der Waals surface area (Å²) in [5.74, 6) is -0.960. The van der Waals surface area contributed by atoms with Crippen molar-refractivity contribution in [3.05, 3.63) is 45.9 Å². The third kappa shape index (κ3) is 2.53. The van der Waals surface area contributed by atoms with Gasteiger partial charge in [-0.1, -0.05) is 0 Å². The van der Waals surface area contributed by atoms with Crippen LogP contribution in [-0.2, 0) is 6.54 Å². The zero-order valence-corrected chi connectivity index (χ0v) is 10.9. The van der Waals surface area contributed by atoms with Gasteiger partial charge in [0.15, 0.2) is 5.82 Å². The average Bonchev–Trinajstić information content (AvgIpc) is 2.75. The lowest BCUT2D eigenvalue weighted by atomic mass is 10.2. The van der Waals surface area contributed by atoms with Gasteiger partial charge >= 0.3 is 0 Å². The van der Waals surface area contributed by atoms with E-state index in [1.54, 1.807) is 12.6 Å². The van der Waals surface area contributed by atoms with Gasteiger partial charge in [-0.25, -0.2) is 9.37 Å².